The highest BCUT2D eigenvalue weighted by Crippen LogP contribution is 2.40. The molecule has 0 fully saturated rings. The van der Waals surface area contributed by atoms with E-state index in [-0.39, 0.29) is 18.3 Å². The number of carbonyl (C=O) groups is 1. The molecule has 0 aromatic heterocycles. The summed E-state index contributed by atoms with van der Waals surface area (Å²) in [6, 6.07) is 0.883. The SMILES string of the molecule is CC(C)=CCCC(C)=CCCC(C)=CCc1cc(OS(=O)(=O)O)c(O)c(C=O)c1OS(=O)(=O)O. The number of rotatable bonds is 13. The molecule has 10 nitrogen and oxygen atoms in total. The lowest BCUT2D eigenvalue weighted by atomic mass is 10.0. The molecular formula is C22H30O10S2. The summed E-state index contributed by atoms with van der Waals surface area (Å²) >= 11 is 0. The number of aromatic hydroxyl groups is 1. The van der Waals surface area contributed by atoms with Crippen molar-refractivity contribution in [1.29, 1.82) is 0 Å². The monoisotopic (exact) mass is 518 g/mol. The number of allylic oxidation sites excluding steroid dienone is 6. The first-order chi connectivity index (χ1) is 15.6. The summed E-state index contributed by atoms with van der Waals surface area (Å²) in [5, 5.41) is 10.1. The molecule has 0 aliphatic heterocycles. The first kappa shape index (κ1) is 29.4. The van der Waals surface area contributed by atoms with Crippen molar-refractivity contribution in [3.05, 3.63) is 52.1 Å². The summed E-state index contributed by atoms with van der Waals surface area (Å²) in [6.45, 7) is 7.96. The van der Waals surface area contributed by atoms with Crippen molar-refractivity contribution in [3.63, 3.8) is 0 Å². The number of aldehydes is 1. The molecule has 0 amide bonds. The number of carbonyl (C=O) groups excluding carboxylic acids is 1. The maximum atomic E-state index is 11.5. The molecule has 0 aliphatic carbocycles. The van der Waals surface area contributed by atoms with Gasteiger partial charge in [0.15, 0.2) is 23.5 Å². The van der Waals surface area contributed by atoms with Crippen molar-refractivity contribution in [1.82, 2.24) is 0 Å². The van der Waals surface area contributed by atoms with E-state index in [1.807, 2.05) is 27.7 Å². The van der Waals surface area contributed by atoms with Crippen LogP contribution in [-0.2, 0) is 27.2 Å². The molecule has 1 rings (SSSR count). The van der Waals surface area contributed by atoms with E-state index in [2.05, 4.69) is 20.5 Å². The molecule has 0 radical (unpaired) electrons. The Labute approximate surface area is 200 Å². The van der Waals surface area contributed by atoms with Crippen LogP contribution in [0.2, 0.25) is 0 Å². The van der Waals surface area contributed by atoms with Gasteiger partial charge >= 0.3 is 20.8 Å². The second kappa shape index (κ2) is 12.7. The van der Waals surface area contributed by atoms with Crippen LogP contribution in [0.1, 0.15) is 69.3 Å². The van der Waals surface area contributed by atoms with Gasteiger partial charge in [-0.1, -0.05) is 34.9 Å². The van der Waals surface area contributed by atoms with Crippen LogP contribution in [0, 0.1) is 0 Å². The summed E-state index contributed by atoms with van der Waals surface area (Å²) in [5.41, 5.74) is 2.53. The standard InChI is InChI=1S/C22H30O10S2/c1-15(2)7-5-8-16(3)9-6-10-17(4)11-12-18-13-20(31-33(25,26)27)21(24)19(14-23)22(18)32-34(28,29)30/h7,9,11,13-14,24H,5-6,8,10,12H2,1-4H3,(H,25,26,27)(H,28,29,30). The summed E-state index contributed by atoms with van der Waals surface area (Å²) in [5.74, 6) is -2.61. The lowest BCUT2D eigenvalue weighted by molar-refractivity contribution is 0.111. The first-order valence-electron chi connectivity index (χ1n) is 10.3. The van der Waals surface area contributed by atoms with Gasteiger partial charge in [-0.25, -0.2) is 0 Å². The van der Waals surface area contributed by atoms with E-state index in [0.717, 1.165) is 30.9 Å². The van der Waals surface area contributed by atoms with Gasteiger partial charge in [-0.15, -0.1) is 0 Å². The van der Waals surface area contributed by atoms with Crippen LogP contribution < -0.4 is 8.37 Å². The van der Waals surface area contributed by atoms with Crippen molar-refractivity contribution < 1.29 is 44.2 Å². The van der Waals surface area contributed by atoms with Gasteiger partial charge in [-0.3, -0.25) is 13.9 Å². The summed E-state index contributed by atoms with van der Waals surface area (Å²) in [7, 11) is -10.1. The number of benzene rings is 1. The van der Waals surface area contributed by atoms with E-state index >= 15 is 0 Å². The third-order valence-electron chi connectivity index (χ3n) is 4.62. The predicted molar refractivity (Wildman–Crippen MR) is 127 cm³/mol. The molecule has 0 bridgehead atoms. The normalized spacial score (nSPS) is 12.9. The van der Waals surface area contributed by atoms with Gasteiger partial charge in [0.2, 0.25) is 0 Å². The fourth-order valence-electron chi connectivity index (χ4n) is 2.97. The number of hydrogen-bond acceptors (Lipinski definition) is 8. The second-order valence-corrected chi connectivity index (χ2v) is 9.97. The van der Waals surface area contributed by atoms with Gasteiger partial charge < -0.3 is 13.5 Å². The molecule has 12 heteroatoms. The molecule has 0 unspecified atom stereocenters. The predicted octanol–water partition coefficient (Wildman–Crippen LogP) is 4.53. The zero-order valence-corrected chi connectivity index (χ0v) is 21.1. The minimum Gasteiger partial charge on any atom is -0.504 e. The molecule has 1 aromatic carbocycles. The Balaban J connectivity index is 3.17. The van der Waals surface area contributed by atoms with Crippen LogP contribution in [0.5, 0.6) is 17.2 Å². The van der Waals surface area contributed by atoms with Gasteiger partial charge in [-0.2, -0.15) is 16.8 Å². The smallest absolute Gasteiger partial charge is 0.446 e. The summed E-state index contributed by atoms with van der Waals surface area (Å²) in [4.78, 5) is 11.5. The van der Waals surface area contributed by atoms with Gasteiger partial charge in [0.25, 0.3) is 0 Å². The Kier molecular flexibility index (Phi) is 11.0. The number of phenols is 1. The van der Waals surface area contributed by atoms with E-state index in [9.17, 15) is 26.7 Å². The van der Waals surface area contributed by atoms with Gasteiger partial charge in [0.1, 0.15) is 5.56 Å². The average Bonchev–Trinajstić information content (AvgIpc) is 2.67. The largest absolute Gasteiger partial charge is 0.504 e. The van der Waals surface area contributed by atoms with Gasteiger partial charge in [-0.05, 0) is 65.9 Å². The van der Waals surface area contributed by atoms with Crippen molar-refractivity contribution in [2.75, 3.05) is 0 Å². The number of hydrogen-bond donors (Lipinski definition) is 3. The Morgan fingerprint density at radius 3 is 1.91 bits per heavy atom. The molecule has 3 N–H and O–H groups in total. The molecule has 0 saturated heterocycles. The molecule has 0 saturated carbocycles. The minimum absolute atomic E-state index is 0.00440. The maximum Gasteiger partial charge on any atom is 0.446 e. The third kappa shape index (κ3) is 11.0. The van der Waals surface area contributed by atoms with E-state index in [1.165, 1.54) is 11.1 Å². The van der Waals surface area contributed by atoms with Crippen LogP contribution in [0.4, 0.5) is 0 Å². The molecule has 190 valence electrons. The Morgan fingerprint density at radius 1 is 0.882 bits per heavy atom. The van der Waals surface area contributed by atoms with Crippen molar-refractivity contribution in [2.45, 2.75) is 59.8 Å². The van der Waals surface area contributed by atoms with Gasteiger partial charge in [0.05, 0.1) is 0 Å². The van der Waals surface area contributed by atoms with E-state index < -0.39 is 43.6 Å². The topological polar surface area (TPSA) is 164 Å². The zero-order chi connectivity index (χ0) is 26.1. The first-order valence-corrected chi connectivity index (χ1v) is 13.0. The zero-order valence-electron chi connectivity index (χ0n) is 19.4. The van der Waals surface area contributed by atoms with Crippen LogP contribution in [0.15, 0.2) is 41.0 Å². The van der Waals surface area contributed by atoms with Crippen LogP contribution >= 0.6 is 0 Å². The van der Waals surface area contributed by atoms with Crippen molar-refractivity contribution in [3.8, 4) is 17.2 Å². The highest BCUT2D eigenvalue weighted by Gasteiger charge is 2.25. The second-order valence-electron chi connectivity index (χ2n) is 7.93. The van der Waals surface area contributed by atoms with Crippen LogP contribution in [0.25, 0.3) is 0 Å². The fraction of sp³-hybridized carbons (Fsp3) is 0.409. The molecular weight excluding hydrogens is 488 g/mol. The lowest BCUT2D eigenvalue weighted by Gasteiger charge is -2.14. The van der Waals surface area contributed by atoms with E-state index in [0.29, 0.717) is 6.42 Å². The molecule has 0 atom stereocenters. The fourth-order valence-corrected chi connectivity index (χ4v) is 3.73. The molecule has 0 spiro atoms. The van der Waals surface area contributed by atoms with Crippen LogP contribution in [0.3, 0.4) is 0 Å². The Hall–Kier alpha value is -2.67. The summed E-state index contributed by atoms with van der Waals surface area (Å²) in [6.07, 6.45) is 9.23. The molecule has 34 heavy (non-hydrogen) atoms. The molecule has 1 aromatic rings. The Morgan fingerprint density at radius 2 is 1.41 bits per heavy atom. The van der Waals surface area contributed by atoms with Gasteiger partial charge in [0, 0.05) is 5.56 Å². The molecule has 0 heterocycles. The lowest BCUT2D eigenvalue weighted by Crippen LogP contribution is -2.12. The van der Waals surface area contributed by atoms with Crippen molar-refractivity contribution >= 4 is 27.1 Å². The average molecular weight is 519 g/mol. The third-order valence-corrected chi connectivity index (χ3v) is 5.39. The summed E-state index contributed by atoms with van der Waals surface area (Å²) < 4.78 is 71.3. The van der Waals surface area contributed by atoms with Crippen LogP contribution in [-0.4, -0.2) is 37.3 Å². The minimum atomic E-state index is -5.08. The van der Waals surface area contributed by atoms with E-state index in [4.69, 9.17) is 9.11 Å². The van der Waals surface area contributed by atoms with E-state index in [1.54, 1.807) is 6.08 Å². The highest BCUT2D eigenvalue weighted by molar-refractivity contribution is 7.81. The Bertz CT molecular complexity index is 1190. The number of phenolic OH excluding ortho intramolecular Hbond substituents is 1. The molecule has 0 aliphatic rings. The quantitative estimate of drug-likeness (QED) is 0.192. The van der Waals surface area contributed by atoms with Crippen molar-refractivity contribution in [2.24, 2.45) is 0 Å². The highest BCUT2D eigenvalue weighted by atomic mass is 32.3. The maximum absolute atomic E-state index is 11.5.